The van der Waals surface area contributed by atoms with Crippen molar-refractivity contribution in [2.24, 2.45) is 0 Å². The van der Waals surface area contributed by atoms with Crippen LogP contribution >= 0.6 is 0 Å². The van der Waals surface area contributed by atoms with Gasteiger partial charge in [0.25, 0.3) is 15.9 Å². The maximum Gasteiger partial charge on any atom is 0.264 e. The zero-order valence-corrected chi connectivity index (χ0v) is 18.2. The molecule has 0 N–H and O–H groups in total. The number of hydrogen-bond donors (Lipinski definition) is 0. The highest BCUT2D eigenvalue weighted by atomic mass is 32.2. The van der Waals surface area contributed by atoms with Gasteiger partial charge in [-0.05, 0) is 67.6 Å². The average Bonchev–Trinajstić information content (AvgIpc) is 3.14. The van der Waals surface area contributed by atoms with Crippen LogP contribution in [-0.2, 0) is 22.9 Å². The van der Waals surface area contributed by atoms with E-state index in [1.54, 1.807) is 23.1 Å². The highest BCUT2D eigenvalue weighted by Crippen LogP contribution is 2.34. The summed E-state index contributed by atoms with van der Waals surface area (Å²) in [5.41, 5.74) is 4.19. The van der Waals surface area contributed by atoms with E-state index in [1.807, 2.05) is 55.5 Å². The SMILES string of the molecule is CC1Cc2ccccc2N1C(=O)c1cccc(S(=O)(=O)N2CCCc3ccccc32)c1. The topological polar surface area (TPSA) is 57.7 Å². The van der Waals surface area contributed by atoms with Crippen molar-refractivity contribution in [1.29, 1.82) is 0 Å². The molecule has 5 nitrogen and oxygen atoms in total. The summed E-state index contributed by atoms with van der Waals surface area (Å²) in [6, 6.07) is 22.0. The molecule has 0 spiro atoms. The van der Waals surface area contributed by atoms with Crippen molar-refractivity contribution in [3.63, 3.8) is 0 Å². The Kier molecular flexibility index (Phi) is 4.82. The molecule has 0 fully saturated rings. The zero-order chi connectivity index (χ0) is 21.6. The Labute approximate surface area is 183 Å². The van der Waals surface area contributed by atoms with Gasteiger partial charge in [-0.2, -0.15) is 0 Å². The summed E-state index contributed by atoms with van der Waals surface area (Å²) in [6.45, 7) is 2.46. The molecule has 3 aromatic carbocycles. The van der Waals surface area contributed by atoms with E-state index < -0.39 is 10.0 Å². The summed E-state index contributed by atoms with van der Waals surface area (Å²) in [5, 5.41) is 0. The van der Waals surface area contributed by atoms with Gasteiger partial charge in [-0.3, -0.25) is 9.10 Å². The number of para-hydroxylation sites is 2. The highest BCUT2D eigenvalue weighted by Gasteiger charge is 2.33. The number of carbonyl (C=O) groups excluding carboxylic acids is 1. The number of benzene rings is 3. The number of carbonyl (C=O) groups is 1. The predicted octanol–water partition coefficient (Wildman–Crippen LogP) is 4.42. The van der Waals surface area contributed by atoms with Crippen LogP contribution < -0.4 is 9.21 Å². The fourth-order valence-corrected chi connectivity index (χ4v) is 6.27. The van der Waals surface area contributed by atoms with Crippen LogP contribution in [0.25, 0.3) is 0 Å². The highest BCUT2D eigenvalue weighted by molar-refractivity contribution is 7.92. The molecule has 0 aliphatic carbocycles. The Morgan fingerprint density at radius 3 is 2.42 bits per heavy atom. The van der Waals surface area contributed by atoms with Crippen molar-refractivity contribution in [2.75, 3.05) is 15.7 Å². The average molecular weight is 433 g/mol. The van der Waals surface area contributed by atoms with E-state index in [0.717, 1.165) is 41.8 Å². The van der Waals surface area contributed by atoms with Crippen LogP contribution in [0.5, 0.6) is 0 Å². The molecule has 5 rings (SSSR count). The lowest BCUT2D eigenvalue weighted by Crippen LogP contribution is -2.37. The van der Waals surface area contributed by atoms with Crippen molar-refractivity contribution >= 4 is 27.3 Å². The first-order valence-corrected chi connectivity index (χ1v) is 12.0. The second kappa shape index (κ2) is 7.54. The van der Waals surface area contributed by atoms with Crippen LogP contribution in [0.1, 0.15) is 34.8 Å². The minimum absolute atomic E-state index is 0.0270. The van der Waals surface area contributed by atoms with Crippen LogP contribution in [0.3, 0.4) is 0 Å². The van der Waals surface area contributed by atoms with Gasteiger partial charge < -0.3 is 4.90 Å². The van der Waals surface area contributed by atoms with Crippen LogP contribution in [0.4, 0.5) is 11.4 Å². The molecule has 2 heterocycles. The molecule has 0 bridgehead atoms. The molecule has 2 aliphatic heterocycles. The van der Waals surface area contributed by atoms with E-state index in [4.69, 9.17) is 0 Å². The van der Waals surface area contributed by atoms with Crippen molar-refractivity contribution in [2.45, 2.75) is 37.1 Å². The second-order valence-electron chi connectivity index (χ2n) is 8.19. The minimum atomic E-state index is -3.77. The summed E-state index contributed by atoms with van der Waals surface area (Å²) in [5.74, 6) is -0.173. The molecule has 0 aromatic heterocycles. The van der Waals surface area contributed by atoms with Crippen molar-refractivity contribution in [1.82, 2.24) is 0 Å². The first-order valence-electron chi connectivity index (χ1n) is 10.6. The standard InChI is InChI=1S/C25H24N2O3S/c1-18-16-20-9-3-5-14-24(20)27(18)25(28)21-10-6-12-22(17-21)31(29,30)26-15-7-11-19-8-2-4-13-23(19)26/h2-6,8-10,12-14,17-18H,7,11,15-16H2,1H3. The van der Waals surface area contributed by atoms with Gasteiger partial charge in [0.05, 0.1) is 10.6 Å². The Hall–Kier alpha value is -3.12. The van der Waals surface area contributed by atoms with Gasteiger partial charge in [-0.25, -0.2) is 8.42 Å². The molecule has 158 valence electrons. The number of amides is 1. The molecule has 0 radical (unpaired) electrons. The van der Waals surface area contributed by atoms with E-state index >= 15 is 0 Å². The largest absolute Gasteiger partial charge is 0.305 e. The molecule has 0 saturated carbocycles. The fraction of sp³-hybridized carbons (Fsp3) is 0.240. The van der Waals surface area contributed by atoms with Gasteiger partial charge in [-0.15, -0.1) is 0 Å². The third kappa shape index (κ3) is 3.31. The second-order valence-corrected chi connectivity index (χ2v) is 10.1. The lowest BCUT2D eigenvalue weighted by molar-refractivity contribution is 0.0981. The Bertz CT molecular complexity index is 1270. The number of rotatable bonds is 3. The summed E-state index contributed by atoms with van der Waals surface area (Å²) in [4.78, 5) is 15.3. The molecule has 0 saturated heterocycles. The van der Waals surface area contributed by atoms with Gasteiger partial charge >= 0.3 is 0 Å². The first-order chi connectivity index (χ1) is 15.0. The Morgan fingerprint density at radius 1 is 0.903 bits per heavy atom. The Morgan fingerprint density at radius 2 is 1.61 bits per heavy atom. The fourth-order valence-electron chi connectivity index (χ4n) is 4.68. The summed E-state index contributed by atoms with van der Waals surface area (Å²) in [6.07, 6.45) is 2.44. The molecular formula is C25H24N2O3S. The molecule has 1 amide bonds. The van der Waals surface area contributed by atoms with Gasteiger partial charge in [-0.1, -0.05) is 42.5 Å². The van der Waals surface area contributed by atoms with Crippen LogP contribution in [0.15, 0.2) is 77.7 Å². The van der Waals surface area contributed by atoms with Gasteiger partial charge in [0.15, 0.2) is 0 Å². The van der Waals surface area contributed by atoms with E-state index in [2.05, 4.69) is 0 Å². The molecule has 2 aliphatic rings. The minimum Gasteiger partial charge on any atom is -0.305 e. The Balaban J connectivity index is 1.51. The lowest BCUT2D eigenvalue weighted by atomic mass is 10.0. The van der Waals surface area contributed by atoms with E-state index in [-0.39, 0.29) is 16.8 Å². The summed E-state index contributed by atoms with van der Waals surface area (Å²) in [7, 11) is -3.77. The number of hydrogen-bond acceptors (Lipinski definition) is 3. The summed E-state index contributed by atoms with van der Waals surface area (Å²) >= 11 is 0. The normalized spacial score (nSPS) is 17.9. The predicted molar refractivity (Wildman–Crippen MR) is 122 cm³/mol. The van der Waals surface area contributed by atoms with E-state index in [1.165, 1.54) is 10.4 Å². The summed E-state index contributed by atoms with van der Waals surface area (Å²) < 4.78 is 28.5. The van der Waals surface area contributed by atoms with E-state index in [0.29, 0.717) is 12.1 Å². The van der Waals surface area contributed by atoms with Gasteiger partial charge in [0, 0.05) is 23.8 Å². The number of fused-ring (bicyclic) bond motifs is 2. The van der Waals surface area contributed by atoms with Crippen LogP contribution in [-0.4, -0.2) is 26.9 Å². The smallest absolute Gasteiger partial charge is 0.264 e. The number of sulfonamides is 1. The zero-order valence-electron chi connectivity index (χ0n) is 17.4. The van der Waals surface area contributed by atoms with Crippen molar-refractivity contribution < 1.29 is 13.2 Å². The first kappa shape index (κ1) is 19.8. The maximum atomic E-state index is 13.5. The van der Waals surface area contributed by atoms with E-state index in [9.17, 15) is 13.2 Å². The van der Waals surface area contributed by atoms with Gasteiger partial charge in [0.2, 0.25) is 0 Å². The van der Waals surface area contributed by atoms with Crippen LogP contribution in [0, 0.1) is 0 Å². The maximum absolute atomic E-state index is 13.5. The van der Waals surface area contributed by atoms with Crippen molar-refractivity contribution in [3.8, 4) is 0 Å². The molecule has 6 heteroatoms. The molecule has 1 atom stereocenters. The third-order valence-electron chi connectivity index (χ3n) is 6.16. The third-order valence-corrected chi connectivity index (χ3v) is 7.97. The number of aryl methyl sites for hydroxylation is 1. The van der Waals surface area contributed by atoms with Crippen LogP contribution in [0.2, 0.25) is 0 Å². The van der Waals surface area contributed by atoms with Crippen molar-refractivity contribution in [3.05, 3.63) is 89.5 Å². The monoisotopic (exact) mass is 432 g/mol. The quantitative estimate of drug-likeness (QED) is 0.616. The lowest BCUT2D eigenvalue weighted by Gasteiger charge is -2.30. The molecule has 3 aromatic rings. The molecule has 31 heavy (non-hydrogen) atoms. The number of nitrogens with zero attached hydrogens (tertiary/aromatic N) is 2. The van der Waals surface area contributed by atoms with Gasteiger partial charge in [0.1, 0.15) is 0 Å². The molecule has 1 unspecified atom stereocenters. The molecular weight excluding hydrogens is 408 g/mol. The number of anilines is 2.